The van der Waals surface area contributed by atoms with Crippen molar-refractivity contribution in [2.75, 3.05) is 0 Å². The van der Waals surface area contributed by atoms with E-state index in [1.54, 1.807) is 12.4 Å². The minimum Gasteiger partial charge on any atom is -0.497 e. The third-order valence-electron chi connectivity index (χ3n) is 8.97. The number of nitrogens with zero attached hydrogens (tertiary/aromatic N) is 5. The van der Waals surface area contributed by atoms with Gasteiger partial charge in [-0.15, -0.1) is 12.1 Å². The van der Waals surface area contributed by atoms with Crippen molar-refractivity contribution in [3.63, 3.8) is 0 Å². The molecule has 7 heteroatoms. The molecular weight excluding hydrogens is 774 g/mol. The minimum atomic E-state index is 0. The molecule has 0 saturated heterocycles. The van der Waals surface area contributed by atoms with Crippen LogP contribution >= 0.6 is 0 Å². The molecular formula is C41H23N5OPt. The molecule has 0 saturated carbocycles. The van der Waals surface area contributed by atoms with Crippen LogP contribution in [-0.2, 0) is 21.1 Å². The predicted molar refractivity (Wildman–Crippen MR) is 187 cm³/mol. The van der Waals surface area contributed by atoms with Gasteiger partial charge in [0.05, 0.1) is 11.3 Å². The molecule has 48 heavy (non-hydrogen) atoms. The molecule has 0 unspecified atom stereocenters. The van der Waals surface area contributed by atoms with Crippen molar-refractivity contribution in [2.45, 2.75) is 0 Å². The van der Waals surface area contributed by atoms with E-state index < -0.39 is 0 Å². The van der Waals surface area contributed by atoms with Gasteiger partial charge in [0.25, 0.3) is 0 Å². The summed E-state index contributed by atoms with van der Waals surface area (Å²) < 4.78 is 10.7. The molecule has 0 aliphatic heterocycles. The van der Waals surface area contributed by atoms with E-state index in [9.17, 15) is 0 Å². The molecule has 0 aliphatic carbocycles. The summed E-state index contributed by atoms with van der Waals surface area (Å²) in [6.45, 7) is 0. The topological polar surface area (TPSA) is 56.7 Å². The van der Waals surface area contributed by atoms with E-state index in [1.165, 1.54) is 0 Å². The van der Waals surface area contributed by atoms with Crippen LogP contribution in [0.1, 0.15) is 0 Å². The molecule has 0 N–H and O–H groups in total. The number of fused-ring (bicyclic) bond motifs is 12. The number of imidazole rings is 2. The van der Waals surface area contributed by atoms with Gasteiger partial charge in [-0.2, -0.15) is 0 Å². The maximum Gasteiger partial charge on any atom is 2.00 e. The summed E-state index contributed by atoms with van der Waals surface area (Å²) in [5.74, 6) is 1.17. The Hall–Kier alpha value is -5.84. The van der Waals surface area contributed by atoms with E-state index in [0.29, 0.717) is 11.5 Å². The number of aromatic nitrogens is 5. The Bertz CT molecular complexity index is 2830. The summed E-state index contributed by atoms with van der Waals surface area (Å²) in [6, 6.07) is 42.8. The van der Waals surface area contributed by atoms with E-state index in [4.69, 9.17) is 9.72 Å². The van der Waals surface area contributed by atoms with Crippen molar-refractivity contribution < 1.29 is 25.8 Å². The standard InChI is InChI=1S/C41H23N5O.Pt/c1-3-7-26(8-4-1)28-21-33(27-9-5-2-6-10-27)39-34(22-28)31-13-11-29(23-35(31)41-44-18-20-46(39)41)47-30-12-14-32-36(24-30)40-43-17-19-45(40)38-15-16-42-25-37(32)38;/h1-22,25H;/q-2;+2. The molecule has 10 aromatic rings. The zero-order valence-corrected chi connectivity index (χ0v) is 27.5. The quantitative estimate of drug-likeness (QED) is 0.132. The molecule has 0 spiro atoms. The second kappa shape index (κ2) is 11.1. The summed E-state index contributed by atoms with van der Waals surface area (Å²) >= 11 is 0. The van der Waals surface area contributed by atoms with Gasteiger partial charge < -0.3 is 13.5 Å². The molecule has 10 rings (SSSR count). The van der Waals surface area contributed by atoms with E-state index in [0.717, 1.165) is 76.9 Å². The second-order valence-electron chi connectivity index (χ2n) is 11.6. The number of ether oxygens (including phenoxy) is 1. The van der Waals surface area contributed by atoms with Gasteiger partial charge in [0.1, 0.15) is 0 Å². The minimum absolute atomic E-state index is 0. The first-order valence-electron chi connectivity index (χ1n) is 15.4. The van der Waals surface area contributed by atoms with E-state index in [1.807, 2.05) is 49.1 Å². The van der Waals surface area contributed by atoms with Crippen LogP contribution in [0.2, 0.25) is 0 Å². The average Bonchev–Trinajstić information content (AvgIpc) is 3.84. The molecule has 0 bridgehead atoms. The third-order valence-corrected chi connectivity index (χ3v) is 8.97. The monoisotopic (exact) mass is 796 g/mol. The third kappa shape index (κ3) is 4.34. The van der Waals surface area contributed by atoms with Crippen LogP contribution in [0.4, 0.5) is 0 Å². The summed E-state index contributed by atoms with van der Waals surface area (Å²) in [5, 5.41) is 5.99. The van der Waals surface area contributed by atoms with E-state index in [-0.39, 0.29) is 21.1 Å². The Morgan fingerprint density at radius 2 is 1.17 bits per heavy atom. The number of rotatable bonds is 4. The van der Waals surface area contributed by atoms with Crippen molar-refractivity contribution in [1.29, 1.82) is 0 Å². The van der Waals surface area contributed by atoms with Crippen LogP contribution in [0.15, 0.2) is 140 Å². The molecule has 0 atom stereocenters. The van der Waals surface area contributed by atoms with E-state index in [2.05, 4.69) is 110 Å². The zero-order chi connectivity index (χ0) is 30.9. The Labute approximate surface area is 289 Å². The molecule has 0 amide bonds. The van der Waals surface area contributed by atoms with Gasteiger partial charge in [-0.05, 0) is 39.6 Å². The summed E-state index contributed by atoms with van der Waals surface area (Å²) in [6.07, 6.45) is 11.3. The Morgan fingerprint density at radius 3 is 1.88 bits per heavy atom. The van der Waals surface area contributed by atoms with Crippen LogP contribution < -0.4 is 4.74 Å². The van der Waals surface area contributed by atoms with Gasteiger partial charge in [-0.3, -0.25) is 15.0 Å². The molecule has 5 heterocycles. The number of benzene rings is 5. The molecule has 0 radical (unpaired) electrons. The molecule has 0 fully saturated rings. The maximum absolute atomic E-state index is 6.45. The van der Waals surface area contributed by atoms with Crippen LogP contribution in [0.5, 0.6) is 11.5 Å². The SMILES string of the molecule is [Pt+2].[c-]1c(Oc2[c-]c3c(cc2)c2cc(-c4ccccc4)cc(-c4ccccc4)c2n2ccnc32)ccc2c1c1nccn1c1ccncc21. The van der Waals surface area contributed by atoms with Crippen molar-refractivity contribution in [3.05, 3.63) is 152 Å². The van der Waals surface area contributed by atoms with Gasteiger partial charge in [-0.1, -0.05) is 113 Å². The molecule has 0 aliphatic rings. The zero-order valence-electron chi connectivity index (χ0n) is 25.2. The molecule has 6 nitrogen and oxygen atoms in total. The van der Waals surface area contributed by atoms with Crippen molar-refractivity contribution >= 4 is 54.6 Å². The summed E-state index contributed by atoms with van der Waals surface area (Å²) in [7, 11) is 0. The largest absolute Gasteiger partial charge is 2.00 e. The van der Waals surface area contributed by atoms with E-state index >= 15 is 0 Å². The van der Waals surface area contributed by atoms with Crippen molar-refractivity contribution in [2.24, 2.45) is 0 Å². The maximum atomic E-state index is 6.45. The summed E-state index contributed by atoms with van der Waals surface area (Å²) in [5.41, 5.74) is 8.40. The van der Waals surface area contributed by atoms with Crippen molar-refractivity contribution in [1.82, 2.24) is 23.8 Å². The molecule has 5 aromatic heterocycles. The number of pyridine rings is 3. The normalized spacial score (nSPS) is 11.6. The fourth-order valence-electron chi connectivity index (χ4n) is 6.88. The second-order valence-corrected chi connectivity index (χ2v) is 11.6. The van der Waals surface area contributed by atoms with Gasteiger partial charge >= 0.3 is 21.1 Å². The fourth-order valence-corrected chi connectivity index (χ4v) is 6.88. The average molecular weight is 797 g/mol. The van der Waals surface area contributed by atoms with Gasteiger partial charge in [0, 0.05) is 65.3 Å². The Balaban J connectivity index is 0.00000314. The van der Waals surface area contributed by atoms with Crippen LogP contribution in [0.3, 0.4) is 0 Å². The van der Waals surface area contributed by atoms with Gasteiger partial charge in [-0.25, -0.2) is 0 Å². The predicted octanol–water partition coefficient (Wildman–Crippen LogP) is 9.71. The first kappa shape index (κ1) is 28.4. The fraction of sp³-hybridized carbons (Fsp3) is 0. The number of hydrogen-bond donors (Lipinski definition) is 0. The Morgan fingerprint density at radius 1 is 0.542 bits per heavy atom. The van der Waals surface area contributed by atoms with Crippen molar-refractivity contribution in [3.8, 4) is 33.8 Å². The van der Waals surface area contributed by atoms with Crippen LogP contribution in [0, 0.1) is 12.1 Å². The first-order chi connectivity index (χ1) is 23.3. The molecule has 228 valence electrons. The Kier molecular flexibility index (Phi) is 6.59. The van der Waals surface area contributed by atoms with Gasteiger partial charge in [0.2, 0.25) is 0 Å². The number of hydrogen-bond acceptors (Lipinski definition) is 4. The van der Waals surface area contributed by atoms with Crippen LogP contribution in [0.25, 0.3) is 76.9 Å². The summed E-state index contributed by atoms with van der Waals surface area (Å²) in [4.78, 5) is 13.8. The van der Waals surface area contributed by atoms with Crippen LogP contribution in [-0.4, -0.2) is 23.8 Å². The molecule has 5 aromatic carbocycles. The first-order valence-corrected chi connectivity index (χ1v) is 15.4. The van der Waals surface area contributed by atoms with Gasteiger partial charge in [0.15, 0.2) is 0 Å². The smallest absolute Gasteiger partial charge is 0.497 e.